The maximum atomic E-state index is 12.8. The highest BCUT2D eigenvalue weighted by Gasteiger charge is 2.29. The summed E-state index contributed by atoms with van der Waals surface area (Å²) in [5.41, 5.74) is 1.81. The highest BCUT2D eigenvalue weighted by Crippen LogP contribution is 2.30. The predicted molar refractivity (Wildman–Crippen MR) is 112 cm³/mol. The Morgan fingerprint density at radius 1 is 1.12 bits per heavy atom. The average molecular weight is 463 g/mol. The molecule has 1 fully saturated rings. The summed E-state index contributed by atoms with van der Waals surface area (Å²) in [5.74, 6) is 1.37. The molecule has 32 heavy (non-hydrogen) atoms. The molecular formula is C20H18ClF3N8. The van der Waals surface area contributed by atoms with Crippen molar-refractivity contribution in [3.8, 4) is 11.5 Å². The smallest absolute Gasteiger partial charge is 0.356 e. The fourth-order valence-electron chi connectivity index (χ4n) is 4.00. The van der Waals surface area contributed by atoms with Crippen LogP contribution in [0.4, 0.5) is 19.0 Å². The molecule has 12 heteroatoms. The van der Waals surface area contributed by atoms with Crippen LogP contribution in [-0.2, 0) is 6.42 Å². The Hall–Kier alpha value is -3.21. The highest BCUT2D eigenvalue weighted by atomic mass is 35.5. The van der Waals surface area contributed by atoms with Gasteiger partial charge in [0, 0.05) is 43.3 Å². The Kier molecular flexibility index (Phi) is 5.20. The monoisotopic (exact) mass is 462 g/mol. The molecule has 5 rings (SSSR count). The van der Waals surface area contributed by atoms with E-state index in [1.54, 1.807) is 23.0 Å². The number of anilines is 1. The molecule has 0 amide bonds. The maximum absolute atomic E-state index is 12.8. The summed E-state index contributed by atoms with van der Waals surface area (Å²) in [7, 11) is 0. The number of halogens is 4. The lowest BCUT2D eigenvalue weighted by Crippen LogP contribution is -2.35. The van der Waals surface area contributed by atoms with Crippen molar-refractivity contribution >= 4 is 23.1 Å². The molecule has 0 aliphatic carbocycles. The zero-order chi connectivity index (χ0) is 22.3. The number of nitrogens with zero attached hydrogens (tertiary/aromatic N) is 7. The van der Waals surface area contributed by atoms with Crippen LogP contribution in [0.1, 0.15) is 30.1 Å². The molecule has 1 unspecified atom stereocenters. The summed E-state index contributed by atoms with van der Waals surface area (Å²) >= 11 is 5.93. The molecule has 1 saturated heterocycles. The Balaban J connectivity index is 1.44. The minimum atomic E-state index is -4.35. The number of aromatic nitrogens is 7. The first-order valence-corrected chi connectivity index (χ1v) is 10.4. The zero-order valence-corrected chi connectivity index (χ0v) is 17.5. The fourth-order valence-corrected chi connectivity index (χ4v) is 4.15. The molecule has 4 aromatic heterocycles. The second-order valence-electron chi connectivity index (χ2n) is 7.70. The van der Waals surface area contributed by atoms with Crippen LogP contribution < -0.4 is 4.90 Å². The molecule has 1 aliphatic rings. The lowest BCUT2D eigenvalue weighted by atomic mass is 9.95. The van der Waals surface area contributed by atoms with Crippen LogP contribution in [0.25, 0.3) is 17.2 Å². The first-order valence-electron chi connectivity index (χ1n) is 10.0. The number of imidazole rings is 2. The van der Waals surface area contributed by atoms with Crippen molar-refractivity contribution in [1.29, 1.82) is 0 Å². The van der Waals surface area contributed by atoms with Gasteiger partial charge in [0.25, 0.3) is 0 Å². The summed E-state index contributed by atoms with van der Waals surface area (Å²) in [4.78, 5) is 26.4. The van der Waals surface area contributed by atoms with Crippen molar-refractivity contribution in [2.24, 2.45) is 0 Å². The van der Waals surface area contributed by atoms with Crippen molar-refractivity contribution in [2.75, 3.05) is 18.0 Å². The van der Waals surface area contributed by atoms with Gasteiger partial charge in [0.15, 0.2) is 16.8 Å². The van der Waals surface area contributed by atoms with Crippen molar-refractivity contribution < 1.29 is 13.2 Å². The van der Waals surface area contributed by atoms with Crippen LogP contribution in [0.3, 0.4) is 0 Å². The van der Waals surface area contributed by atoms with E-state index >= 15 is 0 Å². The van der Waals surface area contributed by atoms with Crippen LogP contribution in [-0.4, -0.2) is 53.6 Å². The third kappa shape index (κ3) is 4.24. The van der Waals surface area contributed by atoms with E-state index in [9.17, 15) is 13.2 Å². The summed E-state index contributed by atoms with van der Waals surface area (Å²) in [6.07, 6.45) is 4.12. The number of aromatic amines is 1. The van der Waals surface area contributed by atoms with E-state index in [0.29, 0.717) is 22.4 Å². The van der Waals surface area contributed by atoms with Crippen molar-refractivity contribution in [3.05, 3.63) is 53.7 Å². The van der Waals surface area contributed by atoms with Gasteiger partial charge in [-0.3, -0.25) is 9.38 Å². The van der Waals surface area contributed by atoms with Crippen molar-refractivity contribution in [2.45, 2.75) is 31.4 Å². The lowest BCUT2D eigenvalue weighted by Gasteiger charge is -2.33. The molecule has 0 bridgehead atoms. The van der Waals surface area contributed by atoms with Gasteiger partial charge in [0.1, 0.15) is 11.5 Å². The largest absolute Gasteiger partial charge is 0.394 e. The van der Waals surface area contributed by atoms with Gasteiger partial charge < -0.3 is 9.88 Å². The minimum absolute atomic E-state index is 0.0995. The number of hydrogen-bond donors (Lipinski definition) is 1. The van der Waals surface area contributed by atoms with Crippen molar-refractivity contribution in [1.82, 2.24) is 34.3 Å². The summed E-state index contributed by atoms with van der Waals surface area (Å²) in [6.45, 7) is 1.57. The van der Waals surface area contributed by atoms with Crippen LogP contribution in [0.5, 0.6) is 0 Å². The topological polar surface area (TPSA) is 87.9 Å². The molecule has 0 spiro atoms. The van der Waals surface area contributed by atoms with E-state index < -0.39 is 12.6 Å². The van der Waals surface area contributed by atoms with Crippen LogP contribution in [0.15, 0.2) is 37.1 Å². The first kappa shape index (κ1) is 20.7. The summed E-state index contributed by atoms with van der Waals surface area (Å²) in [6, 6.07) is 1.83. The summed E-state index contributed by atoms with van der Waals surface area (Å²) < 4.78 is 39.9. The number of nitrogens with one attached hydrogen (secondary N) is 1. The Labute approximate surface area is 185 Å². The standard InChI is InChI=1S/C20H18ClF3N8/c21-19-28-7-14(29-19)12-2-1-5-31(10-12)16-3-4-25-18(30-16)15-8-27-17-9-26-13(11-32(15)17)6-20(22,23)24/h3-4,7-9,11-12H,1-2,5-6,10H2,(H,28,29). The average Bonchev–Trinajstić information content (AvgIpc) is 3.39. The van der Waals surface area contributed by atoms with Crippen LogP contribution in [0, 0.1) is 0 Å². The Morgan fingerprint density at radius 3 is 2.78 bits per heavy atom. The van der Waals surface area contributed by atoms with Gasteiger partial charge >= 0.3 is 6.18 Å². The molecule has 0 saturated carbocycles. The quantitative estimate of drug-likeness (QED) is 0.492. The number of H-pyrrole nitrogens is 1. The van der Waals surface area contributed by atoms with Crippen LogP contribution >= 0.6 is 11.6 Å². The third-order valence-electron chi connectivity index (χ3n) is 5.45. The van der Waals surface area contributed by atoms with Gasteiger partial charge in [-0.15, -0.1) is 0 Å². The number of fused-ring (bicyclic) bond motifs is 1. The molecule has 1 atom stereocenters. The van der Waals surface area contributed by atoms with E-state index in [1.165, 1.54) is 12.4 Å². The van der Waals surface area contributed by atoms with Crippen molar-refractivity contribution in [3.63, 3.8) is 0 Å². The molecule has 0 aromatic carbocycles. The number of rotatable bonds is 4. The molecule has 0 radical (unpaired) electrons. The van der Waals surface area contributed by atoms with Gasteiger partial charge in [0.05, 0.1) is 24.5 Å². The van der Waals surface area contributed by atoms with Crippen LogP contribution in [0.2, 0.25) is 5.28 Å². The van der Waals surface area contributed by atoms with E-state index in [0.717, 1.165) is 37.4 Å². The van der Waals surface area contributed by atoms with E-state index in [-0.39, 0.29) is 11.6 Å². The normalized spacial score (nSPS) is 17.2. The second kappa shape index (κ2) is 8.05. The van der Waals surface area contributed by atoms with Gasteiger partial charge in [-0.25, -0.2) is 19.9 Å². The first-order chi connectivity index (χ1) is 15.4. The molecule has 8 nitrogen and oxygen atoms in total. The second-order valence-corrected chi connectivity index (χ2v) is 8.05. The number of hydrogen-bond acceptors (Lipinski definition) is 6. The molecule has 166 valence electrons. The number of alkyl halides is 3. The van der Waals surface area contributed by atoms with Gasteiger partial charge in [-0.1, -0.05) is 0 Å². The minimum Gasteiger partial charge on any atom is -0.356 e. The molecule has 5 heterocycles. The third-order valence-corrected chi connectivity index (χ3v) is 5.64. The van der Waals surface area contributed by atoms with Gasteiger partial charge in [0.2, 0.25) is 0 Å². The maximum Gasteiger partial charge on any atom is 0.394 e. The Morgan fingerprint density at radius 2 is 2.00 bits per heavy atom. The zero-order valence-electron chi connectivity index (χ0n) is 16.7. The highest BCUT2D eigenvalue weighted by molar-refractivity contribution is 6.28. The van der Waals surface area contributed by atoms with E-state index in [2.05, 4.69) is 34.8 Å². The predicted octanol–water partition coefficient (Wildman–Crippen LogP) is 4.05. The number of piperidine rings is 1. The lowest BCUT2D eigenvalue weighted by molar-refractivity contribution is -0.127. The molecule has 1 aliphatic heterocycles. The van der Waals surface area contributed by atoms with E-state index in [1.807, 2.05) is 6.07 Å². The van der Waals surface area contributed by atoms with Gasteiger partial charge in [-0.05, 0) is 30.5 Å². The molecule has 1 N–H and O–H groups in total. The molecular weight excluding hydrogens is 445 g/mol. The molecule has 4 aromatic rings. The van der Waals surface area contributed by atoms with Gasteiger partial charge in [-0.2, -0.15) is 13.2 Å². The van der Waals surface area contributed by atoms with E-state index in [4.69, 9.17) is 11.6 Å². The summed E-state index contributed by atoms with van der Waals surface area (Å²) in [5, 5.41) is 0.369. The fraction of sp³-hybridized carbons (Fsp3) is 0.350. The SMILES string of the molecule is FC(F)(F)Cc1cn2c(-c3nccc(N4CCCC(c5cnc(Cl)[nH]5)C4)n3)cnc2cn1. The Bertz CT molecular complexity index is 1250.